The van der Waals surface area contributed by atoms with Crippen LogP contribution in [0.2, 0.25) is 0 Å². The Bertz CT molecular complexity index is 252. The predicted octanol–water partition coefficient (Wildman–Crippen LogP) is 2.99. The molecular formula is C13H21N. The van der Waals surface area contributed by atoms with Crippen LogP contribution in [0.4, 0.5) is 0 Å². The van der Waals surface area contributed by atoms with Crippen molar-refractivity contribution in [2.45, 2.75) is 38.6 Å². The fourth-order valence-corrected chi connectivity index (χ4v) is 2.59. The number of piperidine rings is 1. The Kier molecular flexibility index (Phi) is 3.07. The highest BCUT2D eigenvalue weighted by Gasteiger charge is 2.22. The zero-order chi connectivity index (χ0) is 9.97. The van der Waals surface area contributed by atoms with Gasteiger partial charge in [-0.2, -0.15) is 0 Å². The van der Waals surface area contributed by atoms with Crippen LogP contribution in [0, 0.1) is 5.92 Å². The maximum absolute atomic E-state index is 2.51. The fourth-order valence-electron chi connectivity index (χ4n) is 2.59. The summed E-state index contributed by atoms with van der Waals surface area (Å²) in [6.07, 6.45) is 12.5. The van der Waals surface area contributed by atoms with Crippen LogP contribution in [0.3, 0.4) is 0 Å². The van der Waals surface area contributed by atoms with Gasteiger partial charge >= 0.3 is 0 Å². The molecule has 1 aliphatic carbocycles. The van der Waals surface area contributed by atoms with Gasteiger partial charge in [-0.15, -0.1) is 0 Å². The van der Waals surface area contributed by atoms with E-state index in [1.807, 2.05) is 0 Å². The van der Waals surface area contributed by atoms with E-state index >= 15 is 0 Å². The minimum absolute atomic E-state index is 0.697. The van der Waals surface area contributed by atoms with E-state index in [2.05, 4.69) is 37.1 Å². The van der Waals surface area contributed by atoms with Crippen molar-refractivity contribution in [2.24, 2.45) is 5.92 Å². The quantitative estimate of drug-likeness (QED) is 0.616. The molecule has 2 aliphatic rings. The molecular weight excluding hydrogens is 170 g/mol. The molecule has 0 N–H and O–H groups in total. The standard InChI is InChI=1S/C13H21N/c1-11-6-5-7-12(10-11)13-8-3-4-9-14(13)2/h5,7,10-11,13H,3-4,6,8-9H2,1-2H3. The Morgan fingerprint density at radius 3 is 2.93 bits per heavy atom. The zero-order valence-electron chi connectivity index (χ0n) is 9.37. The highest BCUT2D eigenvalue weighted by Crippen LogP contribution is 2.26. The van der Waals surface area contributed by atoms with Crippen molar-refractivity contribution >= 4 is 0 Å². The average Bonchev–Trinajstić information content (AvgIpc) is 2.18. The first-order valence-corrected chi connectivity index (χ1v) is 5.86. The molecule has 2 unspecified atom stereocenters. The van der Waals surface area contributed by atoms with Crippen molar-refractivity contribution in [3.8, 4) is 0 Å². The summed E-state index contributed by atoms with van der Waals surface area (Å²) in [7, 11) is 2.26. The Labute approximate surface area is 87.5 Å². The second-order valence-corrected chi connectivity index (χ2v) is 4.77. The summed E-state index contributed by atoms with van der Waals surface area (Å²) in [6, 6.07) is 0.697. The van der Waals surface area contributed by atoms with Crippen molar-refractivity contribution in [1.29, 1.82) is 0 Å². The molecule has 0 aromatic rings. The average molecular weight is 191 g/mol. The summed E-state index contributed by atoms with van der Waals surface area (Å²) in [6.45, 7) is 3.58. The number of likely N-dealkylation sites (tertiary alicyclic amines) is 1. The van der Waals surface area contributed by atoms with Crippen molar-refractivity contribution in [1.82, 2.24) is 4.90 Å². The van der Waals surface area contributed by atoms with Crippen molar-refractivity contribution in [3.05, 3.63) is 23.8 Å². The van der Waals surface area contributed by atoms with E-state index in [9.17, 15) is 0 Å². The molecule has 2 atom stereocenters. The SMILES string of the molecule is CC1C=C(C2CCCCN2C)C=CC1. The van der Waals surface area contributed by atoms with Gasteiger partial charge in [0.1, 0.15) is 0 Å². The monoisotopic (exact) mass is 191 g/mol. The number of hydrogen-bond donors (Lipinski definition) is 0. The van der Waals surface area contributed by atoms with Gasteiger partial charge in [-0.25, -0.2) is 0 Å². The number of nitrogens with zero attached hydrogens (tertiary/aromatic N) is 1. The van der Waals surface area contributed by atoms with Crippen LogP contribution in [0.5, 0.6) is 0 Å². The third-order valence-corrected chi connectivity index (χ3v) is 3.45. The lowest BCUT2D eigenvalue weighted by Gasteiger charge is -2.34. The van der Waals surface area contributed by atoms with Gasteiger partial charge in [0.05, 0.1) is 0 Å². The Hall–Kier alpha value is -0.560. The number of rotatable bonds is 1. The van der Waals surface area contributed by atoms with Crippen molar-refractivity contribution in [2.75, 3.05) is 13.6 Å². The lowest BCUT2D eigenvalue weighted by Crippen LogP contribution is -2.37. The lowest BCUT2D eigenvalue weighted by molar-refractivity contribution is 0.214. The summed E-state index contributed by atoms with van der Waals surface area (Å²) >= 11 is 0. The van der Waals surface area contributed by atoms with E-state index in [-0.39, 0.29) is 0 Å². The lowest BCUT2D eigenvalue weighted by atomic mass is 9.89. The molecule has 0 radical (unpaired) electrons. The van der Waals surface area contributed by atoms with E-state index in [1.54, 1.807) is 5.57 Å². The summed E-state index contributed by atoms with van der Waals surface area (Å²) in [4.78, 5) is 2.51. The first-order valence-electron chi connectivity index (χ1n) is 5.86. The molecule has 0 aromatic carbocycles. The number of hydrogen-bond acceptors (Lipinski definition) is 1. The molecule has 1 nitrogen and oxygen atoms in total. The fraction of sp³-hybridized carbons (Fsp3) is 0.692. The van der Waals surface area contributed by atoms with Crippen LogP contribution in [0.1, 0.15) is 32.6 Å². The summed E-state index contributed by atoms with van der Waals surface area (Å²) < 4.78 is 0. The van der Waals surface area contributed by atoms with Crippen LogP contribution in [0.25, 0.3) is 0 Å². The summed E-state index contributed by atoms with van der Waals surface area (Å²) in [5, 5.41) is 0. The van der Waals surface area contributed by atoms with Gasteiger partial charge in [0.15, 0.2) is 0 Å². The normalized spacial score (nSPS) is 34.3. The van der Waals surface area contributed by atoms with E-state index in [4.69, 9.17) is 0 Å². The third kappa shape index (κ3) is 2.09. The largest absolute Gasteiger partial charge is 0.299 e. The van der Waals surface area contributed by atoms with E-state index < -0.39 is 0 Å². The van der Waals surface area contributed by atoms with Crippen molar-refractivity contribution < 1.29 is 0 Å². The van der Waals surface area contributed by atoms with Gasteiger partial charge in [-0.1, -0.05) is 31.6 Å². The van der Waals surface area contributed by atoms with Gasteiger partial charge in [0.25, 0.3) is 0 Å². The molecule has 1 fully saturated rings. The minimum atomic E-state index is 0.697. The Morgan fingerprint density at radius 1 is 1.36 bits per heavy atom. The highest BCUT2D eigenvalue weighted by molar-refractivity contribution is 5.29. The van der Waals surface area contributed by atoms with Gasteiger partial charge < -0.3 is 0 Å². The second kappa shape index (κ2) is 4.31. The van der Waals surface area contributed by atoms with Crippen LogP contribution >= 0.6 is 0 Å². The molecule has 14 heavy (non-hydrogen) atoms. The first-order chi connectivity index (χ1) is 6.77. The molecule has 2 rings (SSSR count). The van der Waals surface area contributed by atoms with Gasteiger partial charge in [-0.3, -0.25) is 4.90 Å². The maximum Gasteiger partial charge on any atom is 0.0341 e. The van der Waals surface area contributed by atoms with Crippen LogP contribution in [-0.4, -0.2) is 24.5 Å². The van der Waals surface area contributed by atoms with Crippen molar-refractivity contribution in [3.63, 3.8) is 0 Å². The van der Waals surface area contributed by atoms with E-state index in [0.717, 1.165) is 5.92 Å². The molecule has 1 aliphatic heterocycles. The molecule has 78 valence electrons. The molecule has 1 saturated heterocycles. The zero-order valence-corrected chi connectivity index (χ0v) is 9.37. The Morgan fingerprint density at radius 2 is 2.21 bits per heavy atom. The van der Waals surface area contributed by atoms with Gasteiger partial charge in [0.2, 0.25) is 0 Å². The molecule has 0 amide bonds. The molecule has 0 spiro atoms. The van der Waals surface area contributed by atoms with Gasteiger partial charge in [-0.05, 0) is 44.3 Å². The molecule has 0 aromatic heterocycles. The highest BCUT2D eigenvalue weighted by atomic mass is 15.1. The number of likely N-dealkylation sites (N-methyl/N-ethyl adjacent to an activating group) is 1. The number of allylic oxidation sites excluding steroid dienone is 2. The molecule has 0 bridgehead atoms. The topological polar surface area (TPSA) is 3.24 Å². The van der Waals surface area contributed by atoms with Crippen LogP contribution < -0.4 is 0 Å². The molecule has 0 saturated carbocycles. The molecule has 1 heteroatoms. The molecule has 1 heterocycles. The predicted molar refractivity (Wildman–Crippen MR) is 61.3 cm³/mol. The van der Waals surface area contributed by atoms with E-state index in [1.165, 1.54) is 32.2 Å². The van der Waals surface area contributed by atoms with Crippen LogP contribution in [-0.2, 0) is 0 Å². The van der Waals surface area contributed by atoms with Gasteiger partial charge in [0, 0.05) is 6.04 Å². The summed E-state index contributed by atoms with van der Waals surface area (Å²) in [5.41, 5.74) is 1.56. The second-order valence-electron chi connectivity index (χ2n) is 4.77. The third-order valence-electron chi connectivity index (χ3n) is 3.45. The summed E-state index contributed by atoms with van der Waals surface area (Å²) in [5.74, 6) is 0.741. The Balaban J connectivity index is 2.09. The smallest absolute Gasteiger partial charge is 0.0341 e. The van der Waals surface area contributed by atoms with E-state index in [0.29, 0.717) is 6.04 Å². The van der Waals surface area contributed by atoms with Crippen LogP contribution in [0.15, 0.2) is 23.8 Å². The maximum atomic E-state index is 2.51. The minimum Gasteiger partial charge on any atom is -0.299 e. The first kappa shape index (κ1) is 9.97.